The average Bonchev–Trinajstić information content (AvgIpc) is 2.95. The van der Waals surface area contributed by atoms with Crippen LogP contribution in [0, 0.1) is 13.8 Å². The van der Waals surface area contributed by atoms with Crippen molar-refractivity contribution in [1.29, 1.82) is 0 Å². The van der Waals surface area contributed by atoms with E-state index in [4.69, 9.17) is 0 Å². The Morgan fingerprint density at radius 2 is 2.11 bits per heavy atom. The van der Waals surface area contributed by atoms with Crippen molar-refractivity contribution in [2.75, 3.05) is 6.54 Å². The smallest absolute Gasteiger partial charge is 0.251 e. The molecule has 4 rings (SSSR count). The molecule has 6 heteroatoms. The Labute approximate surface area is 165 Å². The highest BCUT2D eigenvalue weighted by Gasteiger charge is 2.13. The van der Waals surface area contributed by atoms with Crippen LogP contribution in [-0.2, 0) is 19.6 Å². The van der Waals surface area contributed by atoms with E-state index in [-0.39, 0.29) is 5.91 Å². The Bertz CT molecular complexity index is 984. The van der Waals surface area contributed by atoms with Crippen LogP contribution in [0.5, 0.6) is 0 Å². The van der Waals surface area contributed by atoms with E-state index in [0.717, 1.165) is 54.3 Å². The van der Waals surface area contributed by atoms with Gasteiger partial charge in [0.15, 0.2) is 0 Å². The first-order valence-corrected chi connectivity index (χ1v) is 9.69. The summed E-state index contributed by atoms with van der Waals surface area (Å²) in [5.74, 6) is -0.0964. The van der Waals surface area contributed by atoms with Crippen LogP contribution < -0.4 is 10.6 Å². The number of hydrogen-bond donors (Lipinski definition) is 2. The lowest BCUT2D eigenvalue weighted by Crippen LogP contribution is -2.23. The third kappa shape index (κ3) is 3.97. The van der Waals surface area contributed by atoms with Crippen molar-refractivity contribution in [3.63, 3.8) is 0 Å². The second kappa shape index (κ2) is 7.94. The zero-order valence-corrected chi connectivity index (χ0v) is 16.3. The molecule has 0 bridgehead atoms. The van der Waals surface area contributed by atoms with Gasteiger partial charge in [-0.1, -0.05) is 18.2 Å². The Kier molecular flexibility index (Phi) is 5.21. The number of carbonyl (C=O) groups is 1. The maximum Gasteiger partial charge on any atom is 0.251 e. The molecule has 1 aliphatic heterocycles. The fourth-order valence-corrected chi connectivity index (χ4v) is 3.60. The molecule has 6 nitrogen and oxygen atoms in total. The van der Waals surface area contributed by atoms with Crippen molar-refractivity contribution in [1.82, 2.24) is 25.4 Å². The molecule has 1 aromatic carbocycles. The van der Waals surface area contributed by atoms with Crippen LogP contribution in [-0.4, -0.2) is 27.2 Å². The fourth-order valence-electron chi connectivity index (χ4n) is 3.60. The molecule has 0 unspecified atom stereocenters. The second-order valence-electron chi connectivity index (χ2n) is 7.23. The molecule has 0 radical (unpaired) electrons. The normalized spacial score (nSPS) is 13.6. The van der Waals surface area contributed by atoms with Crippen molar-refractivity contribution in [3.05, 3.63) is 70.8 Å². The Morgan fingerprint density at radius 3 is 2.96 bits per heavy atom. The molecule has 1 aliphatic rings. The first-order chi connectivity index (χ1) is 13.6. The molecule has 144 valence electrons. The van der Waals surface area contributed by atoms with Gasteiger partial charge in [-0.3, -0.25) is 14.5 Å². The molecule has 0 saturated heterocycles. The Morgan fingerprint density at radius 1 is 1.21 bits per heavy atom. The van der Waals surface area contributed by atoms with E-state index in [1.165, 1.54) is 5.69 Å². The molecule has 3 heterocycles. The lowest BCUT2D eigenvalue weighted by atomic mass is 10.0. The van der Waals surface area contributed by atoms with Gasteiger partial charge < -0.3 is 10.6 Å². The van der Waals surface area contributed by atoms with E-state index in [0.29, 0.717) is 12.1 Å². The molecule has 1 amide bonds. The van der Waals surface area contributed by atoms with Gasteiger partial charge >= 0.3 is 0 Å². The summed E-state index contributed by atoms with van der Waals surface area (Å²) in [6.45, 7) is 7.16. The molecular weight excluding hydrogens is 350 g/mol. The van der Waals surface area contributed by atoms with Crippen LogP contribution in [0.4, 0.5) is 0 Å². The van der Waals surface area contributed by atoms with Gasteiger partial charge in [0.05, 0.1) is 17.9 Å². The number of carbonyl (C=O) groups excluding carboxylic acids is 1. The SMILES string of the molecule is Cc1ccc(-c2cccc(C(=O)NCc3cc4n(n3)CCCNC4)c2)c(C)n1. The first-order valence-electron chi connectivity index (χ1n) is 9.69. The van der Waals surface area contributed by atoms with Crippen LogP contribution in [0.2, 0.25) is 0 Å². The van der Waals surface area contributed by atoms with E-state index in [1.54, 1.807) is 0 Å². The van der Waals surface area contributed by atoms with Crippen LogP contribution in [0.1, 0.15) is 39.6 Å². The van der Waals surface area contributed by atoms with Gasteiger partial charge in [-0.2, -0.15) is 5.10 Å². The molecule has 28 heavy (non-hydrogen) atoms. The van der Waals surface area contributed by atoms with Gasteiger partial charge in [-0.25, -0.2) is 0 Å². The molecule has 0 spiro atoms. The van der Waals surface area contributed by atoms with Gasteiger partial charge in [0.2, 0.25) is 0 Å². The minimum Gasteiger partial charge on any atom is -0.346 e. The van der Waals surface area contributed by atoms with Gasteiger partial charge in [0, 0.05) is 35.6 Å². The summed E-state index contributed by atoms with van der Waals surface area (Å²) in [5.41, 5.74) is 6.70. The monoisotopic (exact) mass is 375 g/mol. The number of hydrogen-bond acceptors (Lipinski definition) is 4. The number of amides is 1. The predicted octanol–water partition coefficient (Wildman–Crippen LogP) is 2.99. The largest absolute Gasteiger partial charge is 0.346 e. The lowest BCUT2D eigenvalue weighted by molar-refractivity contribution is 0.0950. The summed E-state index contributed by atoms with van der Waals surface area (Å²) >= 11 is 0. The number of rotatable bonds is 4. The topological polar surface area (TPSA) is 71.8 Å². The maximum absolute atomic E-state index is 12.7. The molecule has 0 aliphatic carbocycles. The summed E-state index contributed by atoms with van der Waals surface area (Å²) in [6, 6.07) is 13.8. The number of nitrogens with zero attached hydrogens (tertiary/aromatic N) is 3. The van der Waals surface area contributed by atoms with Crippen molar-refractivity contribution in [3.8, 4) is 11.1 Å². The molecular formula is C22H25N5O. The minimum absolute atomic E-state index is 0.0964. The summed E-state index contributed by atoms with van der Waals surface area (Å²) in [6.07, 6.45) is 1.07. The summed E-state index contributed by atoms with van der Waals surface area (Å²) in [7, 11) is 0. The third-order valence-electron chi connectivity index (χ3n) is 5.03. The van der Waals surface area contributed by atoms with Crippen LogP contribution >= 0.6 is 0 Å². The lowest BCUT2D eigenvalue weighted by Gasteiger charge is -2.09. The zero-order valence-electron chi connectivity index (χ0n) is 16.3. The van der Waals surface area contributed by atoms with E-state index in [9.17, 15) is 4.79 Å². The number of pyridine rings is 1. The number of aryl methyl sites for hydroxylation is 3. The molecule has 3 aromatic rings. The van der Waals surface area contributed by atoms with E-state index < -0.39 is 0 Å². The number of fused-ring (bicyclic) bond motifs is 1. The van der Waals surface area contributed by atoms with Gasteiger partial charge in [0.1, 0.15) is 0 Å². The van der Waals surface area contributed by atoms with Crippen LogP contribution in [0.3, 0.4) is 0 Å². The number of nitrogens with one attached hydrogen (secondary N) is 2. The summed E-state index contributed by atoms with van der Waals surface area (Å²) in [5, 5.41) is 11.0. The minimum atomic E-state index is -0.0964. The second-order valence-corrected chi connectivity index (χ2v) is 7.23. The molecule has 0 fully saturated rings. The summed E-state index contributed by atoms with van der Waals surface area (Å²) < 4.78 is 2.04. The molecule has 2 N–H and O–H groups in total. The fraction of sp³-hybridized carbons (Fsp3) is 0.318. The Balaban J connectivity index is 1.47. The van der Waals surface area contributed by atoms with Gasteiger partial charge in [-0.05, 0) is 56.6 Å². The van der Waals surface area contributed by atoms with Crippen molar-refractivity contribution in [2.24, 2.45) is 0 Å². The van der Waals surface area contributed by atoms with Gasteiger partial charge in [-0.15, -0.1) is 0 Å². The van der Waals surface area contributed by atoms with Crippen molar-refractivity contribution < 1.29 is 4.79 Å². The maximum atomic E-state index is 12.7. The van der Waals surface area contributed by atoms with Crippen molar-refractivity contribution in [2.45, 2.75) is 39.9 Å². The third-order valence-corrected chi connectivity index (χ3v) is 5.03. The predicted molar refractivity (Wildman–Crippen MR) is 109 cm³/mol. The highest BCUT2D eigenvalue weighted by Crippen LogP contribution is 2.23. The average molecular weight is 375 g/mol. The quantitative estimate of drug-likeness (QED) is 0.735. The molecule has 0 saturated carbocycles. The van der Waals surface area contributed by atoms with E-state index in [1.807, 2.05) is 48.9 Å². The van der Waals surface area contributed by atoms with E-state index >= 15 is 0 Å². The Hall–Kier alpha value is -2.99. The number of aromatic nitrogens is 3. The van der Waals surface area contributed by atoms with E-state index in [2.05, 4.69) is 32.8 Å². The van der Waals surface area contributed by atoms with Crippen LogP contribution in [0.15, 0.2) is 42.5 Å². The molecule has 2 aromatic heterocycles. The highest BCUT2D eigenvalue weighted by atomic mass is 16.1. The van der Waals surface area contributed by atoms with Crippen LogP contribution in [0.25, 0.3) is 11.1 Å². The standard InChI is InChI=1S/C22H25N5O/c1-15-7-8-21(16(2)25-15)17-5-3-6-18(11-17)22(28)24-13-19-12-20-14-23-9-4-10-27(20)26-19/h3,5-8,11-12,23H,4,9-10,13-14H2,1-2H3,(H,24,28). The zero-order chi connectivity index (χ0) is 19.5. The van der Waals surface area contributed by atoms with Gasteiger partial charge in [0.25, 0.3) is 5.91 Å². The molecule has 0 atom stereocenters. The number of benzene rings is 1. The summed E-state index contributed by atoms with van der Waals surface area (Å²) in [4.78, 5) is 17.2. The van der Waals surface area contributed by atoms with Crippen molar-refractivity contribution >= 4 is 5.91 Å². The first kappa shape index (κ1) is 18.4. The highest BCUT2D eigenvalue weighted by molar-refractivity contribution is 5.95.